The number of likely N-dealkylation sites (tertiary alicyclic amines) is 1. The van der Waals surface area contributed by atoms with E-state index in [1.807, 2.05) is 6.07 Å². The van der Waals surface area contributed by atoms with E-state index in [0.717, 1.165) is 18.7 Å². The topological polar surface area (TPSA) is 34.2 Å². The Morgan fingerprint density at radius 2 is 1.92 bits per heavy atom. The minimum Gasteiger partial charge on any atom is -0.399 e. The molecule has 0 bridgehead atoms. The van der Waals surface area contributed by atoms with Crippen LogP contribution in [0.25, 0.3) is 10.9 Å². The lowest BCUT2D eigenvalue weighted by molar-refractivity contribution is 0.286. The molecule has 0 saturated carbocycles. The van der Waals surface area contributed by atoms with Crippen molar-refractivity contribution in [1.29, 1.82) is 0 Å². The lowest BCUT2D eigenvalue weighted by Crippen LogP contribution is -2.26. The molecule has 3 heteroatoms. The van der Waals surface area contributed by atoms with Gasteiger partial charge in [-0.1, -0.05) is 36.4 Å². The summed E-state index contributed by atoms with van der Waals surface area (Å²) in [5, 5.41) is 1.29. The van der Waals surface area contributed by atoms with Gasteiger partial charge < -0.3 is 15.2 Å². The summed E-state index contributed by atoms with van der Waals surface area (Å²) in [6.07, 6.45) is 4.83. The van der Waals surface area contributed by atoms with E-state index < -0.39 is 0 Å². The number of aryl methyl sites for hydroxylation is 1. The highest BCUT2D eigenvalue weighted by Gasteiger charge is 2.21. The van der Waals surface area contributed by atoms with E-state index in [9.17, 15) is 0 Å². The SMILES string of the molecule is CN1CCCC1CCn1c(Cc2ccccc2)cc2ccc(N)cc21. The third-order valence-electron chi connectivity index (χ3n) is 5.60. The van der Waals surface area contributed by atoms with Crippen LogP contribution in [0.1, 0.15) is 30.5 Å². The van der Waals surface area contributed by atoms with Crippen molar-refractivity contribution in [3.63, 3.8) is 0 Å². The van der Waals surface area contributed by atoms with Gasteiger partial charge in [-0.05, 0) is 56.6 Å². The van der Waals surface area contributed by atoms with E-state index in [1.54, 1.807) is 0 Å². The molecular weight excluding hydrogens is 306 g/mol. The van der Waals surface area contributed by atoms with Crippen LogP contribution in [-0.2, 0) is 13.0 Å². The zero-order valence-corrected chi connectivity index (χ0v) is 15.0. The van der Waals surface area contributed by atoms with Gasteiger partial charge in [0, 0.05) is 35.8 Å². The second kappa shape index (κ2) is 6.93. The van der Waals surface area contributed by atoms with Gasteiger partial charge in [0.25, 0.3) is 0 Å². The molecule has 3 aromatic rings. The quantitative estimate of drug-likeness (QED) is 0.707. The molecule has 0 amide bonds. The minimum atomic E-state index is 0.711. The van der Waals surface area contributed by atoms with Crippen molar-refractivity contribution in [1.82, 2.24) is 9.47 Å². The first-order chi connectivity index (χ1) is 12.2. The number of rotatable bonds is 5. The Morgan fingerprint density at radius 1 is 1.08 bits per heavy atom. The molecule has 1 aromatic heterocycles. The van der Waals surface area contributed by atoms with Crippen LogP contribution in [0.2, 0.25) is 0 Å². The van der Waals surface area contributed by atoms with Crippen molar-refractivity contribution in [2.45, 2.75) is 38.3 Å². The summed E-state index contributed by atoms with van der Waals surface area (Å²) in [6.45, 7) is 2.30. The summed E-state index contributed by atoms with van der Waals surface area (Å²) in [4.78, 5) is 2.51. The van der Waals surface area contributed by atoms with Gasteiger partial charge in [0.2, 0.25) is 0 Å². The van der Waals surface area contributed by atoms with Crippen molar-refractivity contribution in [2.75, 3.05) is 19.3 Å². The predicted molar refractivity (Wildman–Crippen MR) is 106 cm³/mol. The number of anilines is 1. The largest absolute Gasteiger partial charge is 0.399 e. The summed E-state index contributed by atoms with van der Waals surface area (Å²) in [5.41, 5.74) is 10.9. The maximum absolute atomic E-state index is 6.07. The summed E-state index contributed by atoms with van der Waals surface area (Å²) in [6, 6.07) is 20.1. The van der Waals surface area contributed by atoms with Crippen LogP contribution in [0.4, 0.5) is 5.69 Å². The molecule has 2 aromatic carbocycles. The van der Waals surface area contributed by atoms with E-state index in [-0.39, 0.29) is 0 Å². The Labute approximate surface area is 150 Å². The average molecular weight is 333 g/mol. The molecule has 1 aliphatic rings. The maximum atomic E-state index is 6.07. The molecule has 1 unspecified atom stereocenters. The lowest BCUT2D eigenvalue weighted by Gasteiger charge is -2.21. The smallest absolute Gasteiger partial charge is 0.0503 e. The van der Waals surface area contributed by atoms with Gasteiger partial charge in [-0.25, -0.2) is 0 Å². The molecule has 0 radical (unpaired) electrons. The molecule has 1 atom stereocenters. The van der Waals surface area contributed by atoms with E-state index >= 15 is 0 Å². The van der Waals surface area contributed by atoms with Crippen LogP contribution < -0.4 is 5.73 Å². The molecule has 0 aliphatic carbocycles. The molecule has 2 heterocycles. The zero-order chi connectivity index (χ0) is 17.2. The highest BCUT2D eigenvalue weighted by molar-refractivity contribution is 5.84. The Balaban J connectivity index is 1.66. The summed E-state index contributed by atoms with van der Waals surface area (Å²) >= 11 is 0. The van der Waals surface area contributed by atoms with Crippen LogP contribution in [0, 0.1) is 0 Å². The minimum absolute atomic E-state index is 0.711. The van der Waals surface area contributed by atoms with Crippen molar-refractivity contribution in [2.24, 2.45) is 0 Å². The first-order valence-corrected chi connectivity index (χ1v) is 9.32. The lowest BCUT2D eigenvalue weighted by atomic mass is 10.1. The van der Waals surface area contributed by atoms with E-state index in [0.29, 0.717) is 6.04 Å². The second-order valence-electron chi connectivity index (χ2n) is 7.33. The van der Waals surface area contributed by atoms with Crippen molar-refractivity contribution in [3.05, 3.63) is 65.9 Å². The van der Waals surface area contributed by atoms with Gasteiger partial charge in [0.1, 0.15) is 0 Å². The standard InChI is InChI=1S/C22H27N3/c1-24-12-5-8-20(24)11-13-25-21(14-17-6-3-2-4-7-17)15-18-9-10-19(23)16-22(18)25/h2-4,6-7,9-10,15-16,20H,5,8,11-14,23H2,1H3. The fraction of sp³-hybridized carbons (Fsp3) is 0.364. The molecule has 1 aliphatic heterocycles. The van der Waals surface area contributed by atoms with E-state index in [2.05, 4.69) is 65.0 Å². The predicted octanol–water partition coefficient (Wildman–Crippen LogP) is 4.30. The van der Waals surface area contributed by atoms with Crippen molar-refractivity contribution in [3.8, 4) is 0 Å². The van der Waals surface area contributed by atoms with Gasteiger partial charge in [-0.3, -0.25) is 0 Å². The van der Waals surface area contributed by atoms with Gasteiger partial charge in [0.05, 0.1) is 5.52 Å². The highest BCUT2D eigenvalue weighted by Crippen LogP contribution is 2.26. The number of fused-ring (bicyclic) bond motifs is 1. The monoisotopic (exact) mass is 333 g/mol. The molecule has 4 rings (SSSR count). The Morgan fingerprint density at radius 3 is 2.68 bits per heavy atom. The highest BCUT2D eigenvalue weighted by atomic mass is 15.1. The molecule has 0 spiro atoms. The third-order valence-corrected chi connectivity index (χ3v) is 5.60. The Bertz CT molecular complexity index is 850. The maximum Gasteiger partial charge on any atom is 0.0503 e. The van der Waals surface area contributed by atoms with Gasteiger partial charge >= 0.3 is 0 Å². The number of aromatic nitrogens is 1. The van der Waals surface area contributed by atoms with E-state index in [1.165, 1.54) is 48.0 Å². The molecule has 1 saturated heterocycles. The van der Waals surface area contributed by atoms with Crippen molar-refractivity contribution < 1.29 is 0 Å². The normalized spacial score (nSPS) is 18.2. The van der Waals surface area contributed by atoms with Gasteiger partial charge in [-0.15, -0.1) is 0 Å². The molecule has 1 fully saturated rings. The van der Waals surface area contributed by atoms with Gasteiger partial charge in [-0.2, -0.15) is 0 Å². The first-order valence-electron chi connectivity index (χ1n) is 9.32. The molecule has 2 N–H and O–H groups in total. The Hall–Kier alpha value is -2.26. The fourth-order valence-corrected chi connectivity index (χ4v) is 4.17. The average Bonchev–Trinajstić information content (AvgIpc) is 3.17. The third kappa shape index (κ3) is 3.42. The zero-order valence-electron chi connectivity index (χ0n) is 15.0. The number of hydrogen-bond acceptors (Lipinski definition) is 2. The summed E-state index contributed by atoms with van der Waals surface area (Å²) in [7, 11) is 2.26. The van der Waals surface area contributed by atoms with E-state index in [4.69, 9.17) is 5.73 Å². The number of nitrogens with zero attached hydrogens (tertiary/aromatic N) is 2. The number of nitrogens with two attached hydrogens (primary N) is 1. The number of benzene rings is 2. The van der Waals surface area contributed by atoms with Crippen LogP contribution in [0.5, 0.6) is 0 Å². The van der Waals surface area contributed by atoms with Crippen molar-refractivity contribution >= 4 is 16.6 Å². The van der Waals surface area contributed by atoms with Crippen LogP contribution in [0.3, 0.4) is 0 Å². The summed E-state index contributed by atoms with van der Waals surface area (Å²) < 4.78 is 2.49. The molecule has 130 valence electrons. The van der Waals surface area contributed by atoms with Crippen LogP contribution in [-0.4, -0.2) is 29.1 Å². The fourth-order valence-electron chi connectivity index (χ4n) is 4.17. The second-order valence-corrected chi connectivity index (χ2v) is 7.33. The first kappa shape index (κ1) is 16.2. The molecule has 3 nitrogen and oxygen atoms in total. The number of nitrogen functional groups attached to an aromatic ring is 1. The number of hydrogen-bond donors (Lipinski definition) is 1. The van der Waals surface area contributed by atoms with Gasteiger partial charge in [0.15, 0.2) is 0 Å². The molecular formula is C22H27N3. The summed E-state index contributed by atoms with van der Waals surface area (Å²) in [5.74, 6) is 0. The molecule has 25 heavy (non-hydrogen) atoms. The van der Waals surface area contributed by atoms with Crippen LogP contribution in [0.15, 0.2) is 54.6 Å². The van der Waals surface area contributed by atoms with Crippen LogP contribution >= 0.6 is 0 Å². The Kier molecular flexibility index (Phi) is 4.50.